The number of rotatable bonds is 6. The van der Waals surface area contributed by atoms with E-state index in [1.807, 2.05) is 52.0 Å². The molecule has 10 heteroatoms. The van der Waals surface area contributed by atoms with Crippen LogP contribution in [-0.4, -0.2) is 66.9 Å². The Morgan fingerprint density at radius 2 is 1.76 bits per heavy atom. The standard InChI is InChI=1S/C31H34N4O5S/c1-21-7-10-26(11-8-21)41(38,39)35-27-12-9-23(22-13-15-34(16-14-22)30(37)40-31(2,3)4)17-24(27)18-28(35)29(36)25(19-32)20-33(5)6/h7-13,17-18,20H,14-16H2,1-6H3/b25-20+. The molecule has 0 saturated heterocycles. The largest absolute Gasteiger partial charge is 0.444 e. The summed E-state index contributed by atoms with van der Waals surface area (Å²) in [7, 11) is -0.826. The minimum absolute atomic E-state index is 0.0334. The van der Waals surface area contributed by atoms with Crippen LogP contribution < -0.4 is 0 Å². The van der Waals surface area contributed by atoms with E-state index in [2.05, 4.69) is 0 Å². The van der Waals surface area contributed by atoms with Gasteiger partial charge in [0.1, 0.15) is 22.9 Å². The normalized spacial score (nSPS) is 14.4. The van der Waals surface area contributed by atoms with Crippen molar-refractivity contribution in [2.75, 3.05) is 27.2 Å². The molecular weight excluding hydrogens is 540 g/mol. The highest BCUT2D eigenvalue weighted by atomic mass is 32.2. The Balaban J connectivity index is 1.80. The summed E-state index contributed by atoms with van der Waals surface area (Å²) in [5.41, 5.74) is 2.19. The number of hydrogen-bond donors (Lipinski definition) is 0. The predicted octanol–water partition coefficient (Wildman–Crippen LogP) is 5.36. The predicted molar refractivity (Wildman–Crippen MR) is 158 cm³/mol. The van der Waals surface area contributed by atoms with Crippen LogP contribution in [0.15, 0.2) is 71.3 Å². The zero-order valence-corrected chi connectivity index (χ0v) is 24.9. The van der Waals surface area contributed by atoms with Crippen LogP contribution in [0.25, 0.3) is 16.5 Å². The van der Waals surface area contributed by atoms with E-state index in [9.17, 15) is 23.3 Å². The summed E-state index contributed by atoms with van der Waals surface area (Å²) >= 11 is 0. The van der Waals surface area contributed by atoms with Crippen LogP contribution in [0.1, 0.15) is 48.8 Å². The Morgan fingerprint density at radius 1 is 1.07 bits per heavy atom. The molecule has 214 valence electrons. The molecule has 0 bridgehead atoms. The quantitative estimate of drug-likeness (QED) is 0.221. The third-order valence-corrected chi connectivity index (χ3v) is 8.28. The van der Waals surface area contributed by atoms with Crippen molar-refractivity contribution in [1.29, 1.82) is 5.26 Å². The van der Waals surface area contributed by atoms with E-state index in [4.69, 9.17) is 4.74 Å². The van der Waals surface area contributed by atoms with Crippen molar-refractivity contribution in [2.45, 2.75) is 44.6 Å². The molecule has 1 aromatic heterocycles. The van der Waals surface area contributed by atoms with E-state index >= 15 is 0 Å². The number of benzene rings is 2. The number of ether oxygens (including phenoxy) is 1. The second-order valence-electron chi connectivity index (χ2n) is 11.2. The van der Waals surface area contributed by atoms with Gasteiger partial charge in [0.15, 0.2) is 0 Å². The number of hydrogen-bond acceptors (Lipinski definition) is 7. The van der Waals surface area contributed by atoms with Gasteiger partial charge in [0.05, 0.1) is 10.4 Å². The van der Waals surface area contributed by atoms with Gasteiger partial charge in [0, 0.05) is 38.8 Å². The first-order valence-electron chi connectivity index (χ1n) is 13.2. The van der Waals surface area contributed by atoms with Crippen LogP contribution in [0.3, 0.4) is 0 Å². The van der Waals surface area contributed by atoms with Gasteiger partial charge in [-0.1, -0.05) is 29.8 Å². The molecule has 1 amide bonds. The van der Waals surface area contributed by atoms with E-state index in [-0.39, 0.29) is 22.3 Å². The van der Waals surface area contributed by atoms with Gasteiger partial charge >= 0.3 is 6.09 Å². The molecule has 0 fully saturated rings. The van der Waals surface area contributed by atoms with Crippen LogP contribution >= 0.6 is 0 Å². The Kier molecular flexibility index (Phi) is 8.13. The highest BCUT2D eigenvalue weighted by Gasteiger charge is 2.29. The fourth-order valence-electron chi connectivity index (χ4n) is 4.58. The van der Waals surface area contributed by atoms with E-state index in [0.29, 0.717) is 30.4 Å². The van der Waals surface area contributed by atoms with Crippen LogP contribution in [0.4, 0.5) is 4.79 Å². The Labute approximate surface area is 241 Å². The number of nitriles is 1. The highest BCUT2D eigenvalue weighted by Crippen LogP contribution is 2.32. The van der Waals surface area contributed by atoms with Gasteiger partial charge < -0.3 is 14.5 Å². The lowest BCUT2D eigenvalue weighted by molar-refractivity contribution is 0.0270. The molecule has 0 radical (unpaired) electrons. The second kappa shape index (κ2) is 11.3. The topological polar surface area (TPSA) is 113 Å². The molecule has 4 rings (SSSR count). The number of carbonyl (C=O) groups excluding carboxylic acids is 2. The number of nitrogens with zero attached hydrogens (tertiary/aromatic N) is 4. The van der Waals surface area contributed by atoms with Gasteiger partial charge in [0.2, 0.25) is 5.78 Å². The highest BCUT2D eigenvalue weighted by molar-refractivity contribution is 7.90. The summed E-state index contributed by atoms with van der Waals surface area (Å²) < 4.78 is 34.3. The summed E-state index contributed by atoms with van der Waals surface area (Å²) in [5, 5.41) is 10.2. The number of carbonyl (C=O) groups is 2. The van der Waals surface area contributed by atoms with E-state index < -0.39 is 21.4 Å². The maximum Gasteiger partial charge on any atom is 0.410 e. The number of fused-ring (bicyclic) bond motifs is 1. The average molecular weight is 575 g/mol. The van der Waals surface area contributed by atoms with Crippen molar-refractivity contribution >= 4 is 38.4 Å². The maximum atomic E-state index is 13.9. The molecule has 1 aliphatic rings. The number of ketones is 1. The van der Waals surface area contributed by atoms with E-state index in [1.165, 1.54) is 24.4 Å². The fraction of sp³-hybridized carbons (Fsp3) is 0.323. The smallest absolute Gasteiger partial charge is 0.410 e. The minimum Gasteiger partial charge on any atom is -0.444 e. The summed E-state index contributed by atoms with van der Waals surface area (Å²) in [5.74, 6) is -0.695. The number of aryl methyl sites for hydroxylation is 1. The number of aromatic nitrogens is 1. The molecule has 41 heavy (non-hydrogen) atoms. The van der Waals surface area contributed by atoms with Gasteiger partial charge in [-0.05, 0) is 75.6 Å². The SMILES string of the molecule is Cc1ccc(S(=O)(=O)n2c(C(=O)/C(C#N)=C/N(C)C)cc3cc(C4=CCN(C(=O)OC(C)(C)C)CC4)ccc32)cc1. The molecule has 0 N–H and O–H groups in total. The van der Waals surface area contributed by atoms with Crippen molar-refractivity contribution in [3.05, 3.63) is 83.2 Å². The molecule has 3 aromatic rings. The minimum atomic E-state index is -4.18. The van der Waals surface area contributed by atoms with Crippen molar-refractivity contribution < 1.29 is 22.7 Å². The molecule has 0 aliphatic carbocycles. The first kappa shape index (κ1) is 29.6. The fourth-order valence-corrected chi connectivity index (χ4v) is 6.09. The summed E-state index contributed by atoms with van der Waals surface area (Å²) in [6, 6.07) is 15.1. The summed E-state index contributed by atoms with van der Waals surface area (Å²) in [4.78, 5) is 29.2. The third-order valence-electron chi connectivity index (χ3n) is 6.53. The van der Waals surface area contributed by atoms with Crippen molar-refractivity contribution in [3.63, 3.8) is 0 Å². The lowest BCUT2D eigenvalue weighted by Gasteiger charge is -2.29. The summed E-state index contributed by atoms with van der Waals surface area (Å²) in [6.45, 7) is 8.19. The van der Waals surface area contributed by atoms with Crippen LogP contribution in [0.5, 0.6) is 0 Å². The van der Waals surface area contributed by atoms with Crippen molar-refractivity contribution in [3.8, 4) is 6.07 Å². The van der Waals surface area contributed by atoms with Gasteiger partial charge in [-0.25, -0.2) is 17.2 Å². The number of allylic oxidation sites excluding steroid dienone is 1. The van der Waals surface area contributed by atoms with Crippen molar-refractivity contribution in [1.82, 2.24) is 13.8 Å². The van der Waals surface area contributed by atoms with Crippen LogP contribution in [-0.2, 0) is 14.8 Å². The van der Waals surface area contributed by atoms with Crippen LogP contribution in [0.2, 0.25) is 0 Å². The molecule has 0 spiro atoms. The first-order chi connectivity index (χ1) is 19.2. The Hall–Kier alpha value is -4.36. The molecule has 2 aromatic carbocycles. The molecule has 9 nitrogen and oxygen atoms in total. The first-order valence-corrected chi connectivity index (χ1v) is 14.6. The zero-order valence-electron chi connectivity index (χ0n) is 24.1. The Bertz CT molecular complexity index is 1720. The summed E-state index contributed by atoms with van der Waals surface area (Å²) in [6.07, 6.45) is 3.54. The molecule has 0 unspecified atom stereocenters. The maximum absolute atomic E-state index is 13.9. The molecule has 0 saturated carbocycles. The van der Waals surface area contributed by atoms with E-state index in [0.717, 1.165) is 20.7 Å². The van der Waals surface area contributed by atoms with Gasteiger partial charge in [-0.15, -0.1) is 0 Å². The van der Waals surface area contributed by atoms with Crippen LogP contribution in [0, 0.1) is 18.3 Å². The molecule has 0 atom stereocenters. The number of Topliss-reactive ketones (excluding diaryl/α,β-unsaturated/α-hetero) is 1. The van der Waals surface area contributed by atoms with Gasteiger partial charge in [-0.2, -0.15) is 5.26 Å². The van der Waals surface area contributed by atoms with Crippen molar-refractivity contribution in [2.24, 2.45) is 0 Å². The zero-order chi connectivity index (χ0) is 30.1. The van der Waals surface area contributed by atoms with Gasteiger partial charge in [-0.3, -0.25) is 4.79 Å². The van der Waals surface area contributed by atoms with Gasteiger partial charge in [0.25, 0.3) is 10.0 Å². The van der Waals surface area contributed by atoms with E-state index in [1.54, 1.807) is 42.1 Å². The average Bonchev–Trinajstić information content (AvgIpc) is 3.30. The second-order valence-corrected chi connectivity index (χ2v) is 13.0. The monoisotopic (exact) mass is 574 g/mol. The lowest BCUT2D eigenvalue weighted by atomic mass is 9.98. The lowest BCUT2D eigenvalue weighted by Crippen LogP contribution is -2.39. The molecule has 1 aliphatic heterocycles. The molecule has 2 heterocycles. The molecular formula is C31H34N4O5S. The third kappa shape index (κ3) is 6.36. The number of amides is 1. The Morgan fingerprint density at radius 3 is 2.32 bits per heavy atom.